The van der Waals surface area contributed by atoms with Crippen LogP contribution in [0.3, 0.4) is 0 Å². The molecule has 3 rings (SSSR count). The average molecular weight is 271 g/mol. The number of hydrogen-bond donors (Lipinski definition) is 2. The summed E-state index contributed by atoms with van der Waals surface area (Å²) in [4.78, 5) is 0. The van der Waals surface area contributed by atoms with Crippen LogP contribution < -0.4 is 5.32 Å². The third-order valence-corrected chi connectivity index (χ3v) is 4.09. The van der Waals surface area contributed by atoms with Gasteiger partial charge in [0.1, 0.15) is 0 Å². The summed E-state index contributed by atoms with van der Waals surface area (Å²) in [7, 11) is 0. The lowest BCUT2D eigenvalue weighted by atomic mass is 10.0. The van der Waals surface area contributed by atoms with Crippen LogP contribution in [0.1, 0.15) is 39.0 Å². The van der Waals surface area contributed by atoms with E-state index in [9.17, 15) is 0 Å². The maximum atomic E-state index is 4.02. The highest BCUT2D eigenvalue weighted by molar-refractivity contribution is 5.61. The third-order valence-electron chi connectivity index (χ3n) is 4.09. The Labute approximate surface area is 119 Å². The van der Waals surface area contributed by atoms with Crippen molar-refractivity contribution in [1.82, 2.24) is 20.6 Å². The number of hydrogen-bond acceptors (Lipinski definition) is 4. The molecule has 0 spiro atoms. The molecule has 5 nitrogen and oxygen atoms in total. The molecule has 0 aliphatic heterocycles. The van der Waals surface area contributed by atoms with Gasteiger partial charge in [0.05, 0.1) is 0 Å². The van der Waals surface area contributed by atoms with Gasteiger partial charge in [-0.3, -0.25) is 0 Å². The number of nitrogens with zero attached hydrogens (tertiary/aromatic N) is 3. The summed E-state index contributed by atoms with van der Waals surface area (Å²) in [5.74, 6) is 1.51. The second-order valence-corrected chi connectivity index (χ2v) is 5.77. The van der Waals surface area contributed by atoms with Gasteiger partial charge in [0.25, 0.3) is 0 Å². The van der Waals surface area contributed by atoms with Crippen molar-refractivity contribution in [2.24, 2.45) is 5.92 Å². The zero-order valence-electron chi connectivity index (χ0n) is 11.8. The van der Waals surface area contributed by atoms with Gasteiger partial charge >= 0.3 is 0 Å². The van der Waals surface area contributed by atoms with Crippen LogP contribution in [-0.4, -0.2) is 26.7 Å². The fourth-order valence-electron chi connectivity index (χ4n) is 2.90. The number of aromatic amines is 1. The largest absolute Gasteiger partial charge is 0.382 e. The Hall–Kier alpha value is -1.91. The SMILES string of the molecule is CC1CCCC(Nc2cccc(-c3nn[nH]n3)c2)CC1. The summed E-state index contributed by atoms with van der Waals surface area (Å²) in [6.45, 7) is 2.36. The van der Waals surface area contributed by atoms with Crippen molar-refractivity contribution in [3.05, 3.63) is 24.3 Å². The molecular weight excluding hydrogens is 250 g/mol. The number of tetrazole rings is 1. The van der Waals surface area contributed by atoms with Crippen molar-refractivity contribution < 1.29 is 0 Å². The summed E-state index contributed by atoms with van der Waals surface area (Å²) in [5.41, 5.74) is 2.14. The molecule has 2 atom stereocenters. The van der Waals surface area contributed by atoms with Crippen molar-refractivity contribution in [2.45, 2.75) is 45.1 Å². The molecule has 0 saturated heterocycles. The first-order chi connectivity index (χ1) is 9.81. The van der Waals surface area contributed by atoms with E-state index in [0.29, 0.717) is 11.9 Å². The Bertz CT molecular complexity index is 537. The highest BCUT2D eigenvalue weighted by Crippen LogP contribution is 2.26. The number of benzene rings is 1. The normalized spacial score (nSPS) is 23.2. The van der Waals surface area contributed by atoms with E-state index in [0.717, 1.165) is 17.2 Å². The molecule has 1 fully saturated rings. The lowest BCUT2D eigenvalue weighted by molar-refractivity contribution is 0.502. The summed E-state index contributed by atoms with van der Waals surface area (Å²) >= 11 is 0. The minimum atomic E-state index is 0.584. The van der Waals surface area contributed by atoms with Gasteiger partial charge in [-0.1, -0.05) is 31.9 Å². The number of aromatic nitrogens is 4. The Balaban J connectivity index is 1.70. The van der Waals surface area contributed by atoms with E-state index in [-0.39, 0.29) is 0 Å². The van der Waals surface area contributed by atoms with Gasteiger partial charge < -0.3 is 5.32 Å². The lowest BCUT2D eigenvalue weighted by Gasteiger charge is -2.18. The van der Waals surface area contributed by atoms with Crippen LogP contribution in [0.5, 0.6) is 0 Å². The number of anilines is 1. The van der Waals surface area contributed by atoms with Gasteiger partial charge in [0, 0.05) is 17.3 Å². The molecule has 0 bridgehead atoms. The van der Waals surface area contributed by atoms with E-state index < -0.39 is 0 Å². The zero-order chi connectivity index (χ0) is 13.8. The highest BCUT2D eigenvalue weighted by Gasteiger charge is 2.16. The fraction of sp³-hybridized carbons (Fsp3) is 0.533. The molecular formula is C15H21N5. The minimum absolute atomic E-state index is 0.584. The predicted octanol–water partition coefficient (Wildman–Crippen LogP) is 3.25. The van der Waals surface area contributed by atoms with E-state index in [4.69, 9.17) is 0 Å². The predicted molar refractivity (Wildman–Crippen MR) is 79.3 cm³/mol. The molecule has 1 heterocycles. The highest BCUT2D eigenvalue weighted by atomic mass is 15.5. The maximum Gasteiger partial charge on any atom is 0.204 e. The smallest absolute Gasteiger partial charge is 0.204 e. The summed E-state index contributed by atoms with van der Waals surface area (Å²) < 4.78 is 0. The van der Waals surface area contributed by atoms with Crippen LogP contribution in [0.2, 0.25) is 0 Å². The molecule has 106 valence electrons. The van der Waals surface area contributed by atoms with Gasteiger partial charge in [0.15, 0.2) is 0 Å². The van der Waals surface area contributed by atoms with Crippen molar-refractivity contribution >= 4 is 5.69 Å². The molecule has 0 radical (unpaired) electrons. The Kier molecular flexibility index (Phi) is 3.95. The molecule has 1 aliphatic rings. The van der Waals surface area contributed by atoms with E-state index in [1.54, 1.807) is 0 Å². The first-order valence-electron chi connectivity index (χ1n) is 7.41. The van der Waals surface area contributed by atoms with E-state index in [1.165, 1.54) is 32.1 Å². The van der Waals surface area contributed by atoms with Crippen molar-refractivity contribution in [1.29, 1.82) is 0 Å². The molecule has 0 amide bonds. The van der Waals surface area contributed by atoms with Gasteiger partial charge in [0.2, 0.25) is 5.82 Å². The molecule has 5 heteroatoms. The maximum absolute atomic E-state index is 4.02. The lowest BCUT2D eigenvalue weighted by Crippen LogP contribution is -2.18. The van der Waals surface area contributed by atoms with E-state index >= 15 is 0 Å². The Morgan fingerprint density at radius 1 is 1.20 bits per heavy atom. The van der Waals surface area contributed by atoms with Crippen LogP contribution in [0.15, 0.2) is 24.3 Å². The van der Waals surface area contributed by atoms with Gasteiger partial charge in [-0.2, -0.15) is 5.21 Å². The Morgan fingerprint density at radius 3 is 3.00 bits per heavy atom. The summed E-state index contributed by atoms with van der Waals surface area (Å²) in [5, 5.41) is 17.8. The minimum Gasteiger partial charge on any atom is -0.382 e. The number of rotatable bonds is 3. The van der Waals surface area contributed by atoms with Gasteiger partial charge in [-0.15, -0.1) is 10.2 Å². The first-order valence-corrected chi connectivity index (χ1v) is 7.41. The number of nitrogens with one attached hydrogen (secondary N) is 2. The first kappa shape index (κ1) is 13.1. The van der Waals surface area contributed by atoms with Gasteiger partial charge in [-0.25, -0.2) is 0 Å². The topological polar surface area (TPSA) is 66.5 Å². The van der Waals surface area contributed by atoms with E-state index in [1.807, 2.05) is 12.1 Å². The molecule has 2 unspecified atom stereocenters. The van der Waals surface area contributed by atoms with Crippen LogP contribution >= 0.6 is 0 Å². The fourth-order valence-corrected chi connectivity index (χ4v) is 2.90. The second kappa shape index (κ2) is 6.03. The average Bonchev–Trinajstić information content (AvgIpc) is 2.92. The standard InChI is InChI=1S/C15H21N5/c1-11-4-2-6-13(9-8-11)16-14-7-3-5-12(10-14)15-17-19-20-18-15/h3,5,7,10-11,13,16H,2,4,6,8-9H2,1H3,(H,17,18,19,20). The monoisotopic (exact) mass is 271 g/mol. The molecule has 1 aliphatic carbocycles. The van der Waals surface area contributed by atoms with E-state index in [2.05, 4.69) is 45.0 Å². The van der Waals surface area contributed by atoms with Gasteiger partial charge in [-0.05, 0) is 42.5 Å². The number of H-pyrrole nitrogens is 1. The quantitative estimate of drug-likeness (QED) is 0.841. The van der Waals surface area contributed by atoms with Crippen LogP contribution in [-0.2, 0) is 0 Å². The molecule has 20 heavy (non-hydrogen) atoms. The van der Waals surface area contributed by atoms with Crippen LogP contribution in [0.25, 0.3) is 11.4 Å². The summed E-state index contributed by atoms with van der Waals surface area (Å²) in [6.07, 6.45) is 6.52. The molecule has 2 N–H and O–H groups in total. The van der Waals surface area contributed by atoms with Crippen molar-refractivity contribution in [3.63, 3.8) is 0 Å². The molecule has 1 aromatic carbocycles. The zero-order valence-corrected chi connectivity index (χ0v) is 11.8. The van der Waals surface area contributed by atoms with Crippen LogP contribution in [0.4, 0.5) is 5.69 Å². The van der Waals surface area contributed by atoms with Crippen LogP contribution in [0, 0.1) is 5.92 Å². The van der Waals surface area contributed by atoms with Crippen molar-refractivity contribution in [3.8, 4) is 11.4 Å². The third kappa shape index (κ3) is 3.15. The second-order valence-electron chi connectivity index (χ2n) is 5.77. The molecule has 2 aromatic rings. The summed E-state index contributed by atoms with van der Waals surface area (Å²) in [6, 6.07) is 8.83. The molecule has 1 saturated carbocycles. The van der Waals surface area contributed by atoms with Crippen molar-refractivity contribution in [2.75, 3.05) is 5.32 Å². The Morgan fingerprint density at radius 2 is 2.15 bits per heavy atom. The molecule has 1 aromatic heterocycles.